The van der Waals surface area contributed by atoms with Crippen molar-refractivity contribution in [3.05, 3.63) is 23.8 Å². The average Bonchev–Trinajstić information content (AvgIpc) is 2.52. The molecule has 1 unspecified atom stereocenters. The number of hydrogen-bond acceptors (Lipinski definition) is 5. The summed E-state index contributed by atoms with van der Waals surface area (Å²) in [4.78, 5) is 23.3. The minimum atomic E-state index is -0.955. The molecular weight excluding hydrogens is 296 g/mol. The van der Waals surface area contributed by atoms with Crippen molar-refractivity contribution in [2.75, 3.05) is 13.7 Å². The van der Waals surface area contributed by atoms with Gasteiger partial charge in [0.15, 0.2) is 23.9 Å². The molecule has 1 rings (SSSR count). The van der Waals surface area contributed by atoms with Crippen LogP contribution in [0.3, 0.4) is 0 Å². The fourth-order valence-electron chi connectivity index (χ4n) is 1.78. The number of nitrogens with one attached hydrogen (secondary N) is 1. The fourth-order valence-corrected chi connectivity index (χ4v) is 1.78. The van der Waals surface area contributed by atoms with Crippen LogP contribution in [0.5, 0.6) is 11.5 Å². The summed E-state index contributed by atoms with van der Waals surface area (Å²) in [5.41, 5.74) is -0.459. The molecule has 6 heteroatoms. The first kappa shape index (κ1) is 18.5. The largest absolute Gasteiger partial charge is 0.493 e. The molecule has 0 aliphatic rings. The molecular formula is C17H22N2O4. The Labute approximate surface area is 136 Å². The number of carbonyl (C=O) groups is 2. The molecule has 1 amide bonds. The smallest absolute Gasteiger partial charge is 0.259 e. The number of rotatable bonds is 7. The molecule has 0 heterocycles. The van der Waals surface area contributed by atoms with Crippen molar-refractivity contribution in [2.24, 2.45) is 5.92 Å². The second-order valence-corrected chi connectivity index (χ2v) is 5.73. The van der Waals surface area contributed by atoms with Gasteiger partial charge in [0.1, 0.15) is 5.54 Å². The van der Waals surface area contributed by atoms with E-state index in [1.54, 1.807) is 25.1 Å². The molecule has 0 saturated carbocycles. The number of hydrogen-bond donors (Lipinski definition) is 1. The average molecular weight is 318 g/mol. The van der Waals surface area contributed by atoms with Crippen LogP contribution in [0, 0.1) is 17.2 Å². The van der Waals surface area contributed by atoms with Gasteiger partial charge in [-0.1, -0.05) is 13.8 Å². The quantitative estimate of drug-likeness (QED) is 0.779. The highest BCUT2D eigenvalue weighted by Crippen LogP contribution is 2.28. The third kappa shape index (κ3) is 4.71. The molecule has 0 aromatic heterocycles. The molecule has 0 saturated heterocycles. The first-order chi connectivity index (χ1) is 10.7. The van der Waals surface area contributed by atoms with E-state index >= 15 is 0 Å². The maximum Gasteiger partial charge on any atom is 0.259 e. The van der Waals surface area contributed by atoms with Crippen LogP contribution in [-0.2, 0) is 4.79 Å². The van der Waals surface area contributed by atoms with Crippen molar-refractivity contribution in [1.82, 2.24) is 5.32 Å². The summed E-state index contributed by atoms with van der Waals surface area (Å²) < 4.78 is 10.6. The number of ether oxygens (including phenoxy) is 2. The molecule has 1 aromatic rings. The van der Waals surface area contributed by atoms with Gasteiger partial charge < -0.3 is 14.8 Å². The van der Waals surface area contributed by atoms with Crippen molar-refractivity contribution in [3.63, 3.8) is 0 Å². The van der Waals surface area contributed by atoms with Crippen LogP contribution in [0.2, 0.25) is 0 Å². The summed E-state index contributed by atoms with van der Waals surface area (Å²) in [6, 6.07) is 6.84. The van der Waals surface area contributed by atoms with E-state index in [-0.39, 0.29) is 18.3 Å². The summed E-state index contributed by atoms with van der Waals surface area (Å²) >= 11 is 0. The molecule has 1 aromatic carbocycles. The third-order valence-corrected chi connectivity index (χ3v) is 3.71. The zero-order valence-corrected chi connectivity index (χ0v) is 14.1. The number of methoxy groups -OCH3 is 1. The van der Waals surface area contributed by atoms with Crippen molar-refractivity contribution in [1.29, 1.82) is 5.26 Å². The highest BCUT2D eigenvalue weighted by atomic mass is 16.5. The van der Waals surface area contributed by atoms with Crippen molar-refractivity contribution < 1.29 is 19.1 Å². The maximum absolute atomic E-state index is 12.0. The van der Waals surface area contributed by atoms with E-state index in [2.05, 4.69) is 11.4 Å². The zero-order valence-electron chi connectivity index (χ0n) is 14.1. The van der Waals surface area contributed by atoms with E-state index in [0.29, 0.717) is 17.1 Å². The fraction of sp³-hybridized carbons (Fsp3) is 0.471. The Hall–Kier alpha value is -2.55. The van der Waals surface area contributed by atoms with Crippen LogP contribution < -0.4 is 14.8 Å². The van der Waals surface area contributed by atoms with Crippen LogP contribution in [0.4, 0.5) is 0 Å². The molecule has 1 atom stereocenters. The number of amides is 1. The lowest BCUT2D eigenvalue weighted by molar-refractivity contribution is -0.124. The van der Waals surface area contributed by atoms with Gasteiger partial charge in [-0.2, -0.15) is 5.26 Å². The van der Waals surface area contributed by atoms with Crippen molar-refractivity contribution in [3.8, 4) is 17.6 Å². The molecule has 0 aliphatic carbocycles. The lowest BCUT2D eigenvalue weighted by Gasteiger charge is -2.27. The monoisotopic (exact) mass is 318 g/mol. The Morgan fingerprint density at radius 3 is 2.48 bits per heavy atom. The highest BCUT2D eigenvalue weighted by Gasteiger charge is 2.30. The molecule has 124 valence electrons. The van der Waals surface area contributed by atoms with Gasteiger partial charge in [0.25, 0.3) is 5.91 Å². The standard InChI is InChI=1S/C17H22N2O4/c1-11(2)17(4,10-18)19-16(21)9-23-14-7-6-13(12(3)20)8-15(14)22-5/h6-8,11H,9H2,1-5H3,(H,19,21). The van der Waals surface area contributed by atoms with Gasteiger partial charge in [-0.3, -0.25) is 9.59 Å². The Balaban J connectivity index is 2.77. The van der Waals surface area contributed by atoms with Gasteiger partial charge in [-0.05, 0) is 38.0 Å². The first-order valence-corrected chi connectivity index (χ1v) is 7.27. The SMILES string of the molecule is COc1cc(C(C)=O)ccc1OCC(=O)NC(C)(C#N)C(C)C. The second kappa shape index (κ2) is 7.63. The summed E-state index contributed by atoms with van der Waals surface area (Å²) in [5.74, 6) is 0.198. The molecule has 0 bridgehead atoms. The Bertz CT molecular complexity index is 634. The predicted octanol–water partition coefficient (Wildman–Crippen LogP) is 2.33. The maximum atomic E-state index is 12.0. The number of carbonyl (C=O) groups excluding carboxylic acids is 2. The number of benzene rings is 1. The summed E-state index contributed by atoms with van der Waals surface area (Å²) in [6.07, 6.45) is 0. The molecule has 6 nitrogen and oxygen atoms in total. The number of nitriles is 1. The van der Waals surface area contributed by atoms with E-state index in [0.717, 1.165) is 0 Å². The molecule has 0 aliphatic heterocycles. The first-order valence-electron chi connectivity index (χ1n) is 7.27. The molecule has 0 fully saturated rings. The van der Waals surface area contributed by atoms with Crippen molar-refractivity contribution in [2.45, 2.75) is 33.2 Å². The Morgan fingerprint density at radius 2 is 2.00 bits per heavy atom. The molecule has 23 heavy (non-hydrogen) atoms. The molecule has 0 spiro atoms. The van der Waals surface area contributed by atoms with Crippen molar-refractivity contribution >= 4 is 11.7 Å². The van der Waals surface area contributed by atoms with Gasteiger partial charge in [-0.15, -0.1) is 0 Å². The van der Waals surface area contributed by atoms with E-state index < -0.39 is 11.4 Å². The van der Waals surface area contributed by atoms with Gasteiger partial charge in [0, 0.05) is 5.56 Å². The van der Waals surface area contributed by atoms with Gasteiger partial charge in [0.2, 0.25) is 0 Å². The van der Waals surface area contributed by atoms with Gasteiger partial charge in [0.05, 0.1) is 13.2 Å². The van der Waals surface area contributed by atoms with E-state index in [9.17, 15) is 14.9 Å². The van der Waals surface area contributed by atoms with Crippen LogP contribution >= 0.6 is 0 Å². The summed E-state index contributed by atoms with van der Waals surface area (Å²) in [7, 11) is 1.46. The summed E-state index contributed by atoms with van der Waals surface area (Å²) in [5, 5.41) is 11.9. The Morgan fingerprint density at radius 1 is 1.35 bits per heavy atom. The van der Waals surface area contributed by atoms with Crippen LogP contribution in [-0.4, -0.2) is 30.9 Å². The van der Waals surface area contributed by atoms with Crippen LogP contribution in [0.15, 0.2) is 18.2 Å². The van der Waals surface area contributed by atoms with E-state index in [1.165, 1.54) is 14.0 Å². The lowest BCUT2D eigenvalue weighted by Crippen LogP contribution is -2.50. The molecule has 1 N–H and O–H groups in total. The molecule has 0 radical (unpaired) electrons. The Kier molecular flexibility index (Phi) is 6.14. The lowest BCUT2D eigenvalue weighted by atomic mass is 9.90. The normalized spacial score (nSPS) is 12.9. The zero-order chi connectivity index (χ0) is 17.6. The van der Waals surface area contributed by atoms with Gasteiger partial charge in [-0.25, -0.2) is 0 Å². The predicted molar refractivity (Wildman–Crippen MR) is 85.5 cm³/mol. The second-order valence-electron chi connectivity index (χ2n) is 5.73. The minimum absolute atomic E-state index is 0.0409. The number of nitrogens with zero attached hydrogens (tertiary/aromatic N) is 1. The van der Waals surface area contributed by atoms with Crippen LogP contribution in [0.1, 0.15) is 38.1 Å². The van der Waals surface area contributed by atoms with E-state index in [1.807, 2.05) is 13.8 Å². The summed E-state index contributed by atoms with van der Waals surface area (Å²) in [6.45, 7) is 6.58. The highest BCUT2D eigenvalue weighted by molar-refractivity contribution is 5.94. The number of Topliss-reactive ketones (excluding diaryl/α,β-unsaturated/α-hetero) is 1. The third-order valence-electron chi connectivity index (χ3n) is 3.71. The van der Waals surface area contributed by atoms with E-state index in [4.69, 9.17) is 9.47 Å². The minimum Gasteiger partial charge on any atom is -0.493 e. The topological polar surface area (TPSA) is 88.4 Å². The van der Waals surface area contributed by atoms with Gasteiger partial charge >= 0.3 is 0 Å². The van der Waals surface area contributed by atoms with Crippen LogP contribution in [0.25, 0.3) is 0 Å². The number of ketones is 1.